The van der Waals surface area contributed by atoms with Crippen molar-refractivity contribution in [2.75, 3.05) is 31.7 Å². The third-order valence-corrected chi connectivity index (χ3v) is 4.20. The largest absolute Gasteiger partial charge is 0.383 e. The van der Waals surface area contributed by atoms with Crippen LogP contribution < -0.4 is 10.2 Å². The van der Waals surface area contributed by atoms with Crippen LogP contribution in [0.4, 0.5) is 5.13 Å². The summed E-state index contributed by atoms with van der Waals surface area (Å²) in [5, 5.41) is 4.68. The molecule has 110 valence electrons. The first-order valence-corrected chi connectivity index (χ1v) is 7.98. The van der Waals surface area contributed by atoms with Gasteiger partial charge in [0.05, 0.1) is 6.61 Å². The molecule has 19 heavy (non-hydrogen) atoms. The van der Waals surface area contributed by atoms with E-state index in [0.717, 1.165) is 37.8 Å². The number of hydrogen-bond acceptors (Lipinski definition) is 5. The summed E-state index contributed by atoms with van der Waals surface area (Å²) >= 11 is 1.78. The highest BCUT2D eigenvalue weighted by molar-refractivity contribution is 7.15. The second kappa shape index (κ2) is 9.28. The van der Waals surface area contributed by atoms with Gasteiger partial charge in [-0.05, 0) is 20.3 Å². The van der Waals surface area contributed by atoms with Crippen LogP contribution in [0.1, 0.15) is 38.5 Å². The maximum atomic E-state index is 5.24. The molecule has 0 aromatic carbocycles. The topological polar surface area (TPSA) is 37.4 Å². The first-order chi connectivity index (χ1) is 9.24. The molecule has 1 aromatic rings. The molecule has 1 unspecified atom stereocenters. The number of nitrogens with zero attached hydrogens (tertiary/aromatic N) is 2. The molecule has 4 nitrogen and oxygen atoms in total. The Hall–Kier alpha value is -0.650. The van der Waals surface area contributed by atoms with E-state index in [1.54, 1.807) is 18.4 Å². The molecule has 0 saturated carbocycles. The van der Waals surface area contributed by atoms with Gasteiger partial charge in [-0.15, -0.1) is 11.3 Å². The fourth-order valence-electron chi connectivity index (χ4n) is 2.06. The molecule has 0 fully saturated rings. The van der Waals surface area contributed by atoms with E-state index in [0.29, 0.717) is 6.04 Å². The minimum Gasteiger partial charge on any atom is -0.383 e. The summed E-state index contributed by atoms with van der Waals surface area (Å²) in [6, 6.07) is 0.439. The number of thiazole rings is 1. The molecule has 1 atom stereocenters. The molecule has 0 aliphatic heterocycles. The van der Waals surface area contributed by atoms with Crippen molar-refractivity contribution in [3.63, 3.8) is 0 Å². The number of methoxy groups -OCH3 is 1. The Kier molecular flexibility index (Phi) is 8.02. The molecule has 0 aliphatic carbocycles. The summed E-state index contributed by atoms with van der Waals surface area (Å²) in [5.74, 6) is 0. The van der Waals surface area contributed by atoms with Crippen LogP contribution in [0.5, 0.6) is 0 Å². The molecular weight excluding hydrogens is 258 g/mol. The fourth-order valence-corrected chi connectivity index (χ4v) is 3.05. The molecule has 1 heterocycles. The van der Waals surface area contributed by atoms with Gasteiger partial charge in [-0.25, -0.2) is 4.98 Å². The van der Waals surface area contributed by atoms with E-state index in [1.807, 2.05) is 6.20 Å². The van der Waals surface area contributed by atoms with Crippen LogP contribution in [-0.2, 0) is 11.3 Å². The van der Waals surface area contributed by atoms with Crippen LogP contribution in [0.15, 0.2) is 6.20 Å². The Balaban J connectivity index is 2.48. The SMILES string of the molecule is CCCC(COC)NCc1cnc(N(CC)CC)s1. The van der Waals surface area contributed by atoms with Crippen LogP contribution in [0, 0.1) is 0 Å². The highest BCUT2D eigenvalue weighted by atomic mass is 32.1. The molecule has 1 N–H and O–H groups in total. The number of anilines is 1. The second-order valence-corrected chi connectivity index (χ2v) is 5.70. The van der Waals surface area contributed by atoms with E-state index in [9.17, 15) is 0 Å². The summed E-state index contributed by atoms with van der Waals surface area (Å²) < 4.78 is 5.24. The van der Waals surface area contributed by atoms with Crippen LogP contribution in [-0.4, -0.2) is 37.8 Å². The summed E-state index contributed by atoms with van der Waals surface area (Å²) in [4.78, 5) is 8.08. The highest BCUT2D eigenvalue weighted by Gasteiger charge is 2.10. The normalized spacial score (nSPS) is 12.6. The average molecular weight is 285 g/mol. The minimum atomic E-state index is 0.439. The molecule has 1 aromatic heterocycles. The summed E-state index contributed by atoms with van der Waals surface area (Å²) in [6.45, 7) is 10.2. The van der Waals surface area contributed by atoms with Gasteiger partial charge in [-0.2, -0.15) is 0 Å². The van der Waals surface area contributed by atoms with E-state index in [-0.39, 0.29) is 0 Å². The minimum absolute atomic E-state index is 0.439. The van der Waals surface area contributed by atoms with Gasteiger partial charge in [0, 0.05) is 43.9 Å². The smallest absolute Gasteiger partial charge is 0.185 e. The maximum Gasteiger partial charge on any atom is 0.185 e. The Labute approximate surface area is 121 Å². The Morgan fingerprint density at radius 1 is 1.37 bits per heavy atom. The lowest BCUT2D eigenvalue weighted by molar-refractivity contribution is 0.161. The quantitative estimate of drug-likeness (QED) is 0.717. The van der Waals surface area contributed by atoms with Crippen molar-refractivity contribution in [1.82, 2.24) is 10.3 Å². The van der Waals surface area contributed by atoms with Crippen molar-refractivity contribution in [3.05, 3.63) is 11.1 Å². The van der Waals surface area contributed by atoms with E-state index >= 15 is 0 Å². The van der Waals surface area contributed by atoms with Gasteiger partial charge < -0.3 is 15.0 Å². The van der Waals surface area contributed by atoms with E-state index in [4.69, 9.17) is 4.74 Å². The van der Waals surface area contributed by atoms with Crippen LogP contribution in [0.3, 0.4) is 0 Å². The van der Waals surface area contributed by atoms with Crippen molar-refractivity contribution < 1.29 is 4.74 Å². The van der Waals surface area contributed by atoms with Crippen LogP contribution >= 0.6 is 11.3 Å². The standard InChI is InChI=1S/C14H27N3OS/c1-5-8-12(11-18-4)15-9-13-10-16-14(19-13)17(6-2)7-3/h10,12,15H,5-9,11H2,1-4H3. The lowest BCUT2D eigenvalue weighted by Gasteiger charge is -2.17. The molecule has 0 radical (unpaired) electrons. The number of hydrogen-bond donors (Lipinski definition) is 1. The van der Waals surface area contributed by atoms with E-state index in [2.05, 4.69) is 36.0 Å². The number of ether oxygens (including phenoxy) is 1. The first kappa shape index (κ1) is 16.4. The van der Waals surface area contributed by atoms with Crippen molar-refractivity contribution in [1.29, 1.82) is 0 Å². The van der Waals surface area contributed by atoms with Gasteiger partial charge in [0.2, 0.25) is 0 Å². The third-order valence-electron chi connectivity index (χ3n) is 3.15. The Bertz CT molecular complexity index is 333. The molecular formula is C14H27N3OS. The van der Waals surface area contributed by atoms with Crippen LogP contribution in [0.25, 0.3) is 0 Å². The molecule has 0 aliphatic rings. The lowest BCUT2D eigenvalue weighted by atomic mass is 10.2. The Morgan fingerprint density at radius 2 is 2.11 bits per heavy atom. The van der Waals surface area contributed by atoms with Crippen molar-refractivity contribution in [2.24, 2.45) is 0 Å². The van der Waals surface area contributed by atoms with Gasteiger partial charge in [0.1, 0.15) is 0 Å². The number of aromatic nitrogens is 1. The predicted octanol–water partition coefficient (Wildman–Crippen LogP) is 2.89. The van der Waals surface area contributed by atoms with Gasteiger partial charge in [-0.3, -0.25) is 0 Å². The highest BCUT2D eigenvalue weighted by Crippen LogP contribution is 2.22. The van der Waals surface area contributed by atoms with Gasteiger partial charge in [0.25, 0.3) is 0 Å². The lowest BCUT2D eigenvalue weighted by Crippen LogP contribution is -2.32. The summed E-state index contributed by atoms with van der Waals surface area (Å²) in [7, 11) is 1.76. The zero-order chi connectivity index (χ0) is 14.1. The number of nitrogens with one attached hydrogen (secondary N) is 1. The molecule has 0 bridgehead atoms. The molecule has 0 saturated heterocycles. The van der Waals surface area contributed by atoms with Gasteiger partial charge in [0.15, 0.2) is 5.13 Å². The molecule has 0 spiro atoms. The van der Waals surface area contributed by atoms with E-state index in [1.165, 1.54) is 11.3 Å². The number of rotatable bonds is 10. The summed E-state index contributed by atoms with van der Waals surface area (Å²) in [6.07, 6.45) is 4.31. The van der Waals surface area contributed by atoms with Crippen molar-refractivity contribution in [2.45, 2.75) is 46.2 Å². The van der Waals surface area contributed by atoms with Crippen molar-refractivity contribution >= 4 is 16.5 Å². The molecule has 5 heteroatoms. The molecule has 1 rings (SSSR count). The van der Waals surface area contributed by atoms with Gasteiger partial charge >= 0.3 is 0 Å². The first-order valence-electron chi connectivity index (χ1n) is 7.17. The van der Waals surface area contributed by atoms with Crippen molar-refractivity contribution in [3.8, 4) is 0 Å². The fraction of sp³-hybridized carbons (Fsp3) is 0.786. The predicted molar refractivity (Wildman–Crippen MR) is 83.1 cm³/mol. The third kappa shape index (κ3) is 5.47. The van der Waals surface area contributed by atoms with E-state index < -0.39 is 0 Å². The maximum absolute atomic E-state index is 5.24. The monoisotopic (exact) mass is 285 g/mol. The second-order valence-electron chi connectivity index (χ2n) is 4.60. The van der Waals surface area contributed by atoms with Gasteiger partial charge in [-0.1, -0.05) is 13.3 Å². The Morgan fingerprint density at radius 3 is 2.68 bits per heavy atom. The average Bonchev–Trinajstić information content (AvgIpc) is 2.87. The zero-order valence-electron chi connectivity index (χ0n) is 12.6. The van der Waals surface area contributed by atoms with Crippen LogP contribution in [0.2, 0.25) is 0 Å². The molecule has 0 amide bonds. The summed E-state index contributed by atoms with van der Waals surface area (Å²) in [5.41, 5.74) is 0. The zero-order valence-corrected chi connectivity index (χ0v) is 13.4.